The van der Waals surface area contributed by atoms with Crippen LogP contribution in [0.1, 0.15) is 5.56 Å². The van der Waals surface area contributed by atoms with E-state index in [-0.39, 0.29) is 5.75 Å². The topological polar surface area (TPSA) is 99.1 Å². The lowest BCUT2D eigenvalue weighted by atomic mass is 10.2. The van der Waals surface area contributed by atoms with Crippen molar-refractivity contribution in [2.75, 3.05) is 5.43 Å². The molecule has 7 heteroatoms. The molecule has 0 amide bonds. The van der Waals surface area contributed by atoms with Gasteiger partial charge in [-0.15, -0.1) is 10.2 Å². The SMILES string of the molecule is Oc1ccc(C=NNc2nnc3c(n2)[nH]c2ccccc23)cc1. The maximum absolute atomic E-state index is 9.23. The number of fused-ring (bicyclic) bond motifs is 3. The lowest BCUT2D eigenvalue weighted by molar-refractivity contribution is 0.475. The molecule has 0 aliphatic heterocycles. The number of hydrogen-bond acceptors (Lipinski definition) is 6. The van der Waals surface area contributed by atoms with Crippen molar-refractivity contribution in [3.63, 3.8) is 0 Å². The number of aromatic hydroxyl groups is 1. The fourth-order valence-corrected chi connectivity index (χ4v) is 2.29. The molecule has 0 aliphatic carbocycles. The van der Waals surface area contributed by atoms with Gasteiger partial charge in [0.2, 0.25) is 0 Å². The van der Waals surface area contributed by atoms with Crippen LogP contribution in [0, 0.1) is 0 Å². The Hall–Kier alpha value is -3.48. The van der Waals surface area contributed by atoms with Crippen LogP contribution in [-0.2, 0) is 0 Å². The Kier molecular flexibility index (Phi) is 3.09. The van der Waals surface area contributed by atoms with Crippen LogP contribution in [0.25, 0.3) is 22.1 Å². The molecule has 0 spiro atoms. The van der Waals surface area contributed by atoms with E-state index in [9.17, 15) is 5.11 Å². The van der Waals surface area contributed by atoms with Crippen molar-refractivity contribution in [2.24, 2.45) is 5.10 Å². The number of phenols is 1. The van der Waals surface area contributed by atoms with Gasteiger partial charge in [0.25, 0.3) is 5.95 Å². The molecule has 3 N–H and O–H groups in total. The van der Waals surface area contributed by atoms with E-state index in [1.165, 1.54) is 0 Å². The minimum absolute atomic E-state index is 0.215. The van der Waals surface area contributed by atoms with Crippen LogP contribution in [0.2, 0.25) is 0 Å². The minimum atomic E-state index is 0.215. The van der Waals surface area contributed by atoms with Gasteiger partial charge < -0.3 is 10.1 Å². The van der Waals surface area contributed by atoms with E-state index in [4.69, 9.17) is 0 Å². The molecule has 112 valence electrons. The van der Waals surface area contributed by atoms with E-state index in [0.29, 0.717) is 11.6 Å². The number of aromatic amines is 1. The Bertz CT molecular complexity index is 1010. The van der Waals surface area contributed by atoms with E-state index in [0.717, 1.165) is 22.0 Å². The van der Waals surface area contributed by atoms with Gasteiger partial charge in [0.15, 0.2) is 5.65 Å². The Morgan fingerprint density at radius 1 is 1.04 bits per heavy atom. The molecule has 0 aliphatic rings. The molecule has 2 aromatic heterocycles. The zero-order valence-corrected chi connectivity index (χ0v) is 11.9. The third-order valence-electron chi connectivity index (χ3n) is 3.39. The largest absolute Gasteiger partial charge is 0.508 e. The Labute approximate surface area is 130 Å². The number of anilines is 1. The van der Waals surface area contributed by atoms with Crippen molar-refractivity contribution < 1.29 is 5.11 Å². The summed E-state index contributed by atoms with van der Waals surface area (Å²) in [5.74, 6) is 0.519. The molecular formula is C16H12N6O. The fourth-order valence-electron chi connectivity index (χ4n) is 2.29. The van der Waals surface area contributed by atoms with Gasteiger partial charge in [0.1, 0.15) is 11.3 Å². The number of nitrogens with one attached hydrogen (secondary N) is 2. The molecule has 7 nitrogen and oxygen atoms in total. The first-order chi connectivity index (χ1) is 11.3. The summed E-state index contributed by atoms with van der Waals surface area (Å²) in [5, 5.41) is 22.5. The van der Waals surface area contributed by atoms with Gasteiger partial charge in [0, 0.05) is 10.9 Å². The number of hydrazone groups is 1. The first kappa shape index (κ1) is 13.2. The quantitative estimate of drug-likeness (QED) is 0.399. The van der Waals surface area contributed by atoms with Gasteiger partial charge in [-0.2, -0.15) is 10.1 Å². The van der Waals surface area contributed by atoms with Gasteiger partial charge in [-0.1, -0.05) is 18.2 Å². The zero-order chi connectivity index (χ0) is 15.6. The van der Waals surface area contributed by atoms with Crippen LogP contribution < -0.4 is 5.43 Å². The van der Waals surface area contributed by atoms with Crippen LogP contribution in [0.5, 0.6) is 5.75 Å². The highest BCUT2D eigenvalue weighted by atomic mass is 16.3. The number of H-pyrrole nitrogens is 1. The molecule has 0 unspecified atom stereocenters. The molecular weight excluding hydrogens is 292 g/mol. The lowest BCUT2D eigenvalue weighted by Gasteiger charge is -1.97. The van der Waals surface area contributed by atoms with Gasteiger partial charge >= 0.3 is 0 Å². The molecule has 0 saturated heterocycles. The predicted molar refractivity (Wildman–Crippen MR) is 88.5 cm³/mol. The van der Waals surface area contributed by atoms with E-state index in [2.05, 4.69) is 30.7 Å². The third-order valence-corrected chi connectivity index (χ3v) is 3.39. The van der Waals surface area contributed by atoms with Crippen LogP contribution in [0.3, 0.4) is 0 Å². The van der Waals surface area contributed by atoms with E-state index in [1.807, 2.05) is 24.3 Å². The molecule has 4 rings (SSSR count). The molecule has 2 heterocycles. The summed E-state index contributed by atoms with van der Waals surface area (Å²) >= 11 is 0. The number of rotatable bonds is 3. The van der Waals surface area contributed by atoms with Gasteiger partial charge in [0.05, 0.1) is 6.21 Å². The molecule has 0 bridgehead atoms. The summed E-state index contributed by atoms with van der Waals surface area (Å²) in [5.41, 5.74) is 5.94. The van der Waals surface area contributed by atoms with Crippen molar-refractivity contribution >= 4 is 34.2 Å². The van der Waals surface area contributed by atoms with E-state index >= 15 is 0 Å². The summed E-state index contributed by atoms with van der Waals surface area (Å²) in [6.45, 7) is 0. The van der Waals surface area contributed by atoms with Gasteiger partial charge in [-0.05, 0) is 35.9 Å². The average molecular weight is 304 g/mol. The van der Waals surface area contributed by atoms with Crippen molar-refractivity contribution in [2.45, 2.75) is 0 Å². The fraction of sp³-hybridized carbons (Fsp3) is 0. The smallest absolute Gasteiger partial charge is 0.265 e. The number of nitrogens with zero attached hydrogens (tertiary/aromatic N) is 4. The summed E-state index contributed by atoms with van der Waals surface area (Å²) in [6, 6.07) is 14.5. The van der Waals surface area contributed by atoms with Crippen molar-refractivity contribution in [3.8, 4) is 5.75 Å². The second-order valence-corrected chi connectivity index (χ2v) is 4.96. The van der Waals surface area contributed by atoms with E-state index < -0.39 is 0 Å². The number of aromatic nitrogens is 4. The Balaban J connectivity index is 1.59. The Morgan fingerprint density at radius 2 is 1.87 bits per heavy atom. The molecule has 2 aromatic carbocycles. The van der Waals surface area contributed by atoms with Crippen LogP contribution in [0.15, 0.2) is 53.6 Å². The summed E-state index contributed by atoms with van der Waals surface area (Å²) in [7, 11) is 0. The minimum Gasteiger partial charge on any atom is -0.508 e. The maximum Gasteiger partial charge on any atom is 0.265 e. The van der Waals surface area contributed by atoms with Crippen LogP contribution in [-0.4, -0.2) is 31.5 Å². The number of hydrogen-bond donors (Lipinski definition) is 3. The molecule has 23 heavy (non-hydrogen) atoms. The molecule has 0 saturated carbocycles. The maximum atomic E-state index is 9.23. The van der Waals surface area contributed by atoms with Crippen LogP contribution >= 0.6 is 0 Å². The third kappa shape index (κ3) is 2.55. The number of phenolic OH excluding ortho intramolecular Hbond substituents is 1. The zero-order valence-electron chi connectivity index (χ0n) is 11.9. The standard InChI is InChI=1S/C16H12N6O/c23-11-7-5-10(6-8-11)9-17-21-16-19-15-14(20-22-16)12-3-1-2-4-13(12)18-15/h1-9,23H,(H2,18,19,21,22). The first-order valence-electron chi connectivity index (χ1n) is 6.99. The lowest BCUT2D eigenvalue weighted by Crippen LogP contribution is -1.98. The normalized spacial score (nSPS) is 11.5. The predicted octanol–water partition coefficient (Wildman–Crippen LogP) is 2.66. The highest BCUT2D eigenvalue weighted by Gasteiger charge is 2.07. The van der Waals surface area contributed by atoms with Crippen LogP contribution in [0.4, 0.5) is 5.95 Å². The summed E-state index contributed by atoms with van der Waals surface area (Å²) in [6.07, 6.45) is 1.61. The van der Waals surface area contributed by atoms with Gasteiger partial charge in [-0.3, -0.25) is 0 Å². The summed E-state index contributed by atoms with van der Waals surface area (Å²) < 4.78 is 0. The molecule has 4 aromatic rings. The molecule has 0 radical (unpaired) electrons. The first-order valence-corrected chi connectivity index (χ1v) is 6.99. The summed E-state index contributed by atoms with van der Waals surface area (Å²) in [4.78, 5) is 7.56. The Morgan fingerprint density at radius 3 is 2.74 bits per heavy atom. The van der Waals surface area contributed by atoms with Gasteiger partial charge in [-0.25, -0.2) is 5.43 Å². The molecule has 0 atom stereocenters. The highest BCUT2D eigenvalue weighted by molar-refractivity contribution is 6.03. The second kappa shape index (κ2) is 5.38. The van der Waals surface area contributed by atoms with E-state index in [1.54, 1.807) is 30.5 Å². The number of para-hydroxylation sites is 1. The van der Waals surface area contributed by atoms with Crippen molar-refractivity contribution in [3.05, 3.63) is 54.1 Å². The van der Waals surface area contributed by atoms with Crippen molar-refractivity contribution in [1.82, 2.24) is 20.2 Å². The highest BCUT2D eigenvalue weighted by Crippen LogP contribution is 2.21. The monoisotopic (exact) mass is 304 g/mol. The number of benzene rings is 2. The van der Waals surface area contributed by atoms with Crippen molar-refractivity contribution in [1.29, 1.82) is 0 Å². The second-order valence-electron chi connectivity index (χ2n) is 4.96. The average Bonchev–Trinajstić information content (AvgIpc) is 2.94. The molecule has 0 fully saturated rings.